The Hall–Kier alpha value is -0.160. The van der Waals surface area contributed by atoms with E-state index in [0.717, 1.165) is 12.8 Å². The van der Waals surface area contributed by atoms with E-state index in [2.05, 4.69) is 11.8 Å². The van der Waals surface area contributed by atoms with Gasteiger partial charge in [-0.15, -0.1) is 0 Å². The molecule has 0 aromatic heterocycles. The molecule has 0 aliphatic rings. The molecule has 0 aliphatic heterocycles. The van der Waals surface area contributed by atoms with Crippen LogP contribution in [0.15, 0.2) is 0 Å². The van der Waals surface area contributed by atoms with Crippen molar-refractivity contribution in [3.05, 3.63) is 0 Å². The molecule has 0 aromatic rings. The van der Waals surface area contributed by atoms with Crippen molar-refractivity contribution in [1.82, 2.24) is 0 Å². The fraction of sp³-hybridized carbons (Fsp3) is 1.00. The molecule has 0 bridgehead atoms. The molecule has 116 valence electrons. The summed E-state index contributed by atoms with van der Waals surface area (Å²) in [5.41, 5.74) is 0. The number of aliphatic hydroxyl groups excluding tert-OH is 1. The molecule has 1 unspecified atom stereocenters. The lowest BCUT2D eigenvalue weighted by molar-refractivity contribution is -0.397. The number of hydrogen-bond donors (Lipinski definition) is 1. The van der Waals surface area contributed by atoms with Crippen molar-refractivity contribution < 1.29 is 19.6 Å². The van der Waals surface area contributed by atoms with E-state index < -0.39 is 6.79 Å². The molecule has 0 spiro atoms. The third kappa shape index (κ3) is 14.1. The van der Waals surface area contributed by atoms with E-state index in [1.165, 1.54) is 57.8 Å². The van der Waals surface area contributed by atoms with Gasteiger partial charge in [-0.05, 0) is 6.42 Å². The first-order valence-corrected chi connectivity index (χ1v) is 7.77. The maximum Gasteiger partial charge on any atom is 0.190 e. The van der Waals surface area contributed by atoms with Gasteiger partial charge in [0.1, 0.15) is 0 Å². The van der Waals surface area contributed by atoms with Crippen molar-refractivity contribution in [2.75, 3.05) is 13.9 Å². The zero-order valence-corrected chi connectivity index (χ0v) is 12.7. The van der Waals surface area contributed by atoms with Crippen LogP contribution in [0.2, 0.25) is 0 Å². The predicted octanol–water partition coefficient (Wildman–Crippen LogP) is 4.17. The van der Waals surface area contributed by atoms with Crippen LogP contribution in [0.3, 0.4) is 0 Å². The molecule has 0 saturated carbocycles. The lowest BCUT2D eigenvalue weighted by atomic mass is 10.1. The fourth-order valence-electron chi connectivity index (χ4n) is 2.11. The van der Waals surface area contributed by atoms with Crippen LogP contribution in [0.5, 0.6) is 0 Å². The molecule has 4 nitrogen and oxygen atoms in total. The van der Waals surface area contributed by atoms with Crippen LogP contribution in [-0.2, 0) is 14.5 Å². The van der Waals surface area contributed by atoms with Gasteiger partial charge >= 0.3 is 0 Å². The summed E-state index contributed by atoms with van der Waals surface area (Å²) < 4.78 is 5.08. The zero-order valence-electron chi connectivity index (χ0n) is 12.7. The highest BCUT2D eigenvalue weighted by Gasteiger charge is 2.07. The first kappa shape index (κ1) is 18.8. The topological polar surface area (TPSA) is 47.9 Å². The van der Waals surface area contributed by atoms with Gasteiger partial charge in [-0.3, -0.25) is 0 Å². The van der Waals surface area contributed by atoms with Crippen molar-refractivity contribution in [2.45, 2.75) is 83.8 Å². The van der Waals surface area contributed by atoms with Crippen molar-refractivity contribution in [3.8, 4) is 0 Å². The molecule has 0 fully saturated rings. The largest absolute Gasteiger partial charge is 0.368 e. The standard InChI is InChI=1S/C15H32O4/c1-3-4-5-6-7-8-9-10-11-12-13-15(17-2)19-18-14-16/h15-16H,3-14H2,1-2H3. The fourth-order valence-corrected chi connectivity index (χ4v) is 2.11. The molecular weight excluding hydrogens is 244 g/mol. The Morgan fingerprint density at radius 2 is 1.37 bits per heavy atom. The van der Waals surface area contributed by atoms with E-state index in [0.29, 0.717) is 0 Å². The summed E-state index contributed by atoms with van der Waals surface area (Å²) in [6.07, 6.45) is 13.6. The molecule has 0 aliphatic carbocycles. The van der Waals surface area contributed by atoms with Gasteiger partial charge in [0.25, 0.3) is 0 Å². The SMILES string of the molecule is CCCCCCCCCCCCC(OC)OOCO. The number of rotatable bonds is 15. The zero-order chi connectivity index (χ0) is 14.2. The first-order valence-electron chi connectivity index (χ1n) is 7.77. The Kier molecular flexibility index (Phi) is 15.8. The highest BCUT2D eigenvalue weighted by molar-refractivity contribution is 4.49. The highest BCUT2D eigenvalue weighted by Crippen LogP contribution is 2.13. The summed E-state index contributed by atoms with van der Waals surface area (Å²) in [4.78, 5) is 9.31. The summed E-state index contributed by atoms with van der Waals surface area (Å²) in [5.74, 6) is 0. The van der Waals surface area contributed by atoms with E-state index in [4.69, 9.17) is 14.7 Å². The van der Waals surface area contributed by atoms with Crippen LogP contribution in [-0.4, -0.2) is 25.3 Å². The smallest absolute Gasteiger partial charge is 0.190 e. The number of methoxy groups -OCH3 is 1. The van der Waals surface area contributed by atoms with Crippen LogP contribution >= 0.6 is 0 Å². The monoisotopic (exact) mass is 276 g/mol. The van der Waals surface area contributed by atoms with Crippen molar-refractivity contribution in [2.24, 2.45) is 0 Å². The normalized spacial score (nSPS) is 12.8. The Bertz CT molecular complexity index is 164. The molecule has 0 radical (unpaired) electrons. The van der Waals surface area contributed by atoms with Gasteiger partial charge in [-0.1, -0.05) is 64.7 Å². The molecule has 0 saturated heterocycles. The van der Waals surface area contributed by atoms with E-state index >= 15 is 0 Å². The molecule has 0 aromatic carbocycles. The van der Waals surface area contributed by atoms with Gasteiger partial charge in [-0.2, -0.15) is 0 Å². The minimum absolute atomic E-state index is 0.360. The average molecular weight is 276 g/mol. The predicted molar refractivity (Wildman–Crippen MR) is 76.5 cm³/mol. The average Bonchev–Trinajstić information content (AvgIpc) is 2.44. The van der Waals surface area contributed by atoms with Crippen LogP contribution in [0.1, 0.15) is 77.6 Å². The van der Waals surface area contributed by atoms with Crippen LogP contribution in [0.4, 0.5) is 0 Å². The maximum atomic E-state index is 8.45. The molecule has 1 atom stereocenters. The molecule has 0 heterocycles. The highest BCUT2D eigenvalue weighted by atomic mass is 17.2. The molecule has 4 heteroatoms. The minimum Gasteiger partial charge on any atom is -0.368 e. The van der Waals surface area contributed by atoms with E-state index in [1.807, 2.05) is 0 Å². The lowest BCUT2D eigenvalue weighted by Gasteiger charge is -2.13. The van der Waals surface area contributed by atoms with Crippen LogP contribution in [0.25, 0.3) is 0 Å². The van der Waals surface area contributed by atoms with Crippen molar-refractivity contribution in [3.63, 3.8) is 0 Å². The van der Waals surface area contributed by atoms with E-state index in [-0.39, 0.29) is 6.29 Å². The van der Waals surface area contributed by atoms with Crippen molar-refractivity contribution in [1.29, 1.82) is 0 Å². The van der Waals surface area contributed by atoms with Gasteiger partial charge in [0.15, 0.2) is 13.1 Å². The van der Waals surface area contributed by atoms with Crippen LogP contribution < -0.4 is 0 Å². The van der Waals surface area contributed by atoms with Gasteiger partial charge in [0.2, 0.25) is 0 Å². The third-order valence-electron chi connectivity index (χ3n) is 3.28. The molecule has 1 N–H and O–H groups in total. The summed E-state index contributed by atoms with van der Waals surface area (Å²) in [6, 6.07) is 0. The molecular formula is C15H32O4. The Labute approximate surface area is 118 Å². The Morgan fingerprint density at radius 1 is 0.842 bits per heavy atom. The van der Waals surface area contributed by atoms with E-state index in [1.54, 1.807) is 7.11 Å². The summed E-state index contributed by atoms with van der Waals surface area (Å²) in [7, 11) is 1.59. The van der Waals surface area contributed by atoms with Gasteiger partial charge < -0.3 is 9.84 Å². The quantitative estimate of drug-likeness (QED) is 0.211. The van der Waals surface area contributed by atoms with Crippen LogP contribution in [0, 0.1) is 0 Å². The molecule has 19 heavy (non-hydrogen) atoms. The second-order valence-corrected chi connectivity index (χ2v) is 4.98. The van der Waals surface area contributed by atoms with Crippen molar-refractivity contribution >= 4 is 0 Å². The Morgan fingerprint density at radius 3 is 1.84 bits per heavy atom. The number of aliphatic hydroxyl groups is 1. The first-order chi connectivity index (χ1) is 9.35. The second kappa shape index (κ2) is 15.9. The third-order valence-corrected chi connectivity index (χ3v) is 3.28. The second-order valence-electron chi connectivity index (χ2n) is 4.98. The summed E-state index contributed by atoms with van der Waals surface area (Å²) >= 11 is 0. The maximum absolute atomic E-state index is 8.45. The molecule has 0 rings (SSSR count). The number of unbranched alkanes of at least 4 members (excludes halogenated alkanes) is 9. The minimum atomic E-state index is -0.433. The van der Waals surface area contributed by atoms with Gasteiger partial charge in [0.05, 0.1) is 0 Å². The Balaban J connectivity index is 3.16. The van der Waals surface area contributed by atoms with Gasteiger partial charge in [-0.25, -0.2) is 9.78 Å². The molecule has 0 amide bonds. The number of ether oxygens (including phenoxy) is 1. The summed E-state index contributed by atoms with van der Waals surface area (Å²) in [5, 5.41) is 8.45. The lowest BCUT2D eigenvalue weighted by Crippen LogP contribution is -2.15. The van der Waals surface area contributed by atoms with Gasteiger partial charge in [0, 0.05) is 13.5 Å². The number of hydrogen-bond acceptors (Lipinski definition) is 4. The summed E-state index contributed by atoms with van der Waals surface area (Å²) in [6.45, 7) is 1.82. The van der Waals surface area contributed by atoms with E-state index in [9.17, 15) is 0 Å².